The minimum Gasteiger partial charge on any atom is -0.339 e. The zero-order valence-electron chi connectivity index (χ0n) is 9.13. The lowest BCUT2D eigenvalue weighted by Gasteiger charge is -2.34. The summed E-state index contributed by atoms with van der Waals surface area (Å²) in [6.45, 7) is 4.83. The maximum atomic E-state index is 11.9. The number of rotatable bonds is 3. The molecule has 1 amide bonds. The molecule has 0 aromatic heterocycles. The highest BCUT2D eigenvalue weighted by Crippen LogP contribution is 2.23. The number of amides is 1. The van der Waals surface area contributed by atoms with E-state index in [9.17, 15) is 4.79 Å². The smallest absolute Gasteiger partial charge is 0.236 e. The molecular formula is C11H20BrNO. The van der Waals surface area contributed by atoms with Crippen molar-refractivity contribution < 1.29 is 4.79 Å². The fourth-order valence-electron chi connectivity index (χ4n) is 2.22. The van der Waals surface area contributed by atoms with Crippen LogP contribution in [0.1, 0.15) is 46.0 Å². The van der Waals surface area contributed by atoms with Gasteiger partial charge in [-0.05, 0) is 26.7 Å². The molecule has 0 aromatic carbocycles. The van der Waals surface area contributed by atoms with E-state index in [1.165, 1.54) is 32.1 Å². The number of hydrogen-bond donors (Lipinski definition) is 0. The third-order valence-corrected chi connectivity index (χ3v) is 3.37. The standard InChI is InChI=1S/C11H20BrNO/c1-3-13(11(14)9(2)12)10-7-5-4-6-8-10/h9-10H,3-8H2,1-2H3. The first-order valence-corrected chi connectivity index (χ1v) is 6.53. The first-order valence-electron chi connectivity index (χ1n) is 5.61. The summed E-state index contributed by atoms with van der Waals surface area (Å²) in [5.41, 5.74) is 0. The highest BCUT2D eigenvalue weighted by atomic mass is 79.9. The van der Waals surface area contributed by atoms with Gasteiger partial charge < -0.3 is 4.90 Å². The monoisotopic (exact) mass is 261 g/mol. The average Bonchev–Trinajstić information content (AvgIpc) is 2.20. The van der Waals surface area contributed by atoms with E-state index in [1.807, 2.05) is 11.8 Å². The van der Waals surface area contributed by atoms with E-state index in [4.69, 9.17) is 0 Å². The number of hydrogen-bond acceptors (Lipinski definition) is 1. The normalized spacial score (nSPS) is 20.5. The van der Waals surface area contributed by atoms with E-state index in [-0.39, 0.29) is 10.7 Å². The van der Waals surface area contributed by atoms with Gasteiger partial charge in [0.25, 0.3) is 0 Å². The Kier molecular flexibility index (Phi) is 4.93. The highest BCUT2D eigenvalue weighted by Gasteiger charge is 2.25. The zero-order valence-corrected chi connectivity index (χ0v) is 10.7. The molecule has 14 heavy (non-hydrogen) atoms. The van der Waals surface area contributed by atoms with Crippen molar-refractivity contribution >= 4 is 21.8 Å². The zero-order chi connectivity index (χ0) is 10.6. The Hall–Kier alpha value is -0.0500. The van der Waals surface area contributed by atoms with Crippen molar-refractivity contribution in [1.82, 2.24) is 4.90 Å². The van der Waals surface area contributed by atoms with E-state index < -0.39 is 0 Å². The van der Waals surface area contributed by atoms with E-state index in [2.05, 4.69) is 22.9 Å². The van der Waals surface area contributed by atoms with E-state index in [0.717, 1.165) is 6.54 Å². The van der Waals surface area contributed by atoms with Crippen LogP contribution in [0.4, 0.5) is 0 Å². The quantitative estimate of drug-likeness (QED) is 0.716. The Morgan fingerprint density at radius 2 is 2.00 bits per heavy atom. The second-order valence-corrected chi connectivity index (χ2v) is 5.41. The van der Waals surface area contributed by atoms with Crippen molar-refractivity contribution in [2.24, 2.45) is 0 Å². The third-order valence-electron chi connectivity index (χ3n) is 2.98. The lowest BCUT2D eigenvalue weighted by atomic mass is 9.94. The van der Waals surface area contributed by atoms with Gasteiger partial charge in [-0.1, -0.05) is 35.2 Å². The SMILES string of the molecule is CCN(C(=O)C(C)Br)C1CCCCC1. The summed E-state index contributed by atoms with van der Waals surface area (Å²) in [6, 6.07) is 0.501. The molecule has 0 bridgehead atoms. The minimum absolute atomic E-state index is 0.0376. The van der Waals surface area contributed by atoms with Gasteiger partial charge in [0.15, 0.2) is 0 Å². The van der Waals surface area contributed by atoms with Gasteiger partial charge in [0.2, 0.25) is 5.91 Å². The second kappa shape index (κ2) is 5.74. The Morgan fingerprint density at radius 1 is 1.43 bits per heavy atom. The Balaban J connectivity index is 2.55. The Labute approximate surface area is 95.2 Å². The van der Waals surface area contributed by atoms with Crippen molar-refractivity contribution in [3.8, 4) is 0 Å². The molecule has 1 rings (SSSR count). The summed E-state index contributed by atoms with van der Waals surface area (Å²) < 4.78 is 0. The lowest BCUT2D eigenvalue weighted by molar-refractivity contribution is -0.132. The average molecular weight is 262 g/mol. The summed E-state index contributed by atoms with van der Waals surface area (Å²) in [7, 11) is 0. The minimum atomic E-state index is -0.0376. The van der Waals surface area contributed by atoms with Crippen molar-refractivity contribution in [1.29, 1.82) is 0 Å². The number of halogens is 1. The van der Waals surface area contributed by atoms with Crippen LogP contribution in [-0.4, -0.2) is 28.2 Å². The number of carbonyl (C=O) groups is 1. The molecule has 2 nitrogen and oxygen atoms in total. The molecule has 0 saturated heterocycles. The first kappa shape index (κ1) is 12.0. The summed E-state index contributed by atoms with van der Waals surface area (Å²) in [4.78, 5) is 13.9. The molecule has 0 heterocycles. The lowest BCUT2D eigenvalue weighted by Crippen LogP contribution is -2.44. The Morgan fingerprint density at radius 3 is 2.43 bits per heavy atom. The van der Waals surface area contributed by atoms with E-state index >= 15 is 0 Å². The van der Waals surface area contributed by atoms with Crippen LogP contribution in [0.5, 0.6) is 0 Å². The summed E-state index contributed by atoms with van der Waals surface area (Å²) in [6.07, 6.45) is 6.29. The molecule has 0 N–H and O–H groups in total. The molecule has 0 radical (unpaired) electrons. The Bertz CT molecular complexity index is 188. The molecule has 82 valence electrons. The second-order valence-electron chi connectivity index (χ2n) is 4.03. The van der Waals surface area contributed by atoms with Crippen LogP contribution < -0.4 is 0 Å². The third kappa shape index (κ3) is 2.97. The van der Waals surface area contributed by atoms with E-state index in [1.54, 1.807) is 0 Å². The summed E-state index contributed by atoms with van der Waals surface area (Å²) >= 11 is 3.36. The van der Waals surface area contributed by atoms with Crippen LogP contribution in [0.25, 0.3) is 0 Å². The van der Waals surface area contributed by atoms with Gasteiger partial charge in [-0.15, -0.1) is 0 Å². The van der Waals surface area contributed by atoms with Gasteiger partial charge in [-0.25, -0.2) is 0 Å². The molecule has 1 aliphatic carbocycles. The predicted octanol–water partition coefficient (Wildman–Crippen LogP) is 2.95. The van der Waals surface area contributed by atoms with Crippen molar-refractivity contribution in [2.45, 2.75) is 56.8 Å². The van der Waals surface area contributed by atoms with Gasteiger partial charge in [-0.2, -0.15) is 0 Å². The fraction of sp³-hybridized carbons (Fsp3) is 0.909. The van der Waals surface area contributed by atoms with Crippen LogP contribution in [-0.2, 0) is 4.79 Å². The van der Waals surface area contributed by atoms with Crippen LogP contribution in [0.15, 0.2) is 0 Å². The molecule has 1 fully saturated rings. The molecular weight excluding hydrogens is 242 g/mol. The van der Waals surface area contributed by atoms with Gasteiger partial charge in [-0.3, -0.25) is 4.79 Å². The molecule has 3 heteroatoms. The van der Waals surface area contributed by atoms with Crippen molar-refractivity contribution in [2.75, 3.05) is 6.54 Å². The first-order chi connectivity index (χ1) is 6.66. The molecule has 0 spiro atoms. The van der Waals surface area contributed by atoms with Gasteiger partial charge in [0.1, 0.15) is 0 Å². The molecule has 1 saturated carbocycles. The van der Waals surface area contributed by atoms with Crippen LogP contribution >= 0.6 is 15.9 Å². The van der Waals surface area contributed by atoms with Gasteiger partial charge in [0, 0.05) is 12.6 Å². The van der Waals surface area contributed by atoms with Crippen LogP contribution in [0.3, 0.4) is 0 Å². The number of nitrogens with zero attached hydrogens (tertiary/aromatic N) is 1. The fourth-order valence-corrected chi connectivity index (χ4v) is 2.48. The largest absolute Gasteiger partial charge is 0.339 e. The van der Waals surface area contributed by atoms with Gasteiger partial charge >= 0.3 is 0 Å². The topological polar surface area (TPSA) is 20.3 Å². The van der Waals surface area contributed by atoms with Crippen molar-refractivity contribution in [3.63, 3.8) is 0 Å². The number of alkyl halides is 1. The summed E-state index contributed by atoms with van der Waals surface area (Å²) in [5.74, 6) is 0.249. The summed E-state index contributed by atoms with van der Waals surface area (Å²) in [5, 5.41) is 0. The molecule has 0 aliphatic heterocycles. The highest BCUT2D eigenvalue weighted by molar-refractivity contribution is 9.10. The van der Waals surface area contributed by atoms with Crippen LogP contribution in [0.2, 0.25) is 0 Å². The molecule has 1 unspecified atom stereocenters. The van der Waals surface area contributed by atoms with Gasteiger partial charge in [0.05, 0.1) is 4.83 Å². The molecule has 0 aromatic rings. The molecule has 1 aliphatic rings. The van der Waals surface area contributed by atoms with Crippen LogP contribution in [0, 0.1) is 0 Å². The molecule has 1 atom stereocenters. The number of carbonyl (C=O) groups excluding carboxylic acids is 1. The van der Waals surface area contributed by atoms with Crippen molar-refractivity contribution in [3.05, 3.63) is 0 Å². The maximum absolute atomic E-state index is 11.9. The predicted molar refractivity (Wildman–Crippen MR) is 62.6 cm³/mol. The van der Waals surface area contributed by atoms with E-state index in [0.29, 0.717) is 6.04 Å². The maximum Gasteiger partial charge on any atom is 0.236 e.